The summed E-state index contributed by atoms with van der Waals surface area (Å²) >= 11 is 0. The highest BCUT2D eigenvalue weighted by Crippen LogP contribution is 2.20. The lowest BCUT2D eigenvalue weighted by Crippen LogP contribution is -2.35. The van der Waals surface area contributed by atoms with E-state index in [0.29, 0.717) is 0 Å². The number of nitriles is 1. The first-order chi connectivity index (χ1) is 7.92. The lowest BCUT2D eigenvalue weighted by molar-refractivity contribution is 0.357. The summed E-state index contributed by atoms with van der Waals surface area (Å²) in [5.41, 5.74) is 2.35. The quantitative estimate of drug-likeness (QED) is 0.868. The van der Waals surface area contributed by atoms with E-state index in [1.165, 1.54) is 5.56 Å². The number of rotatable bonds is 4. The maximum Gasteiger partial charge on any atom is 0.174 e. The lowest BCUT2D eigenvalue weighted by Gasteiger charge is -2.21. The van der Waals surface area contributed by atoms with Crippen molar-refractivity contribution < 1.29 is 4.74 Å². The topological polar surface area (TPSA) is 45.0 Å². The minimum Gasteiger partial charge on any atom is -0.478 e. The highest BCUT2D eigenvalue weighted by Gasteiger charge is 2.11. The van der Waals surface area contributed by atoms with Crippen molar-refractivity contribution in [1.29, 1.82) is 5.26 Å². The zero-order valence-electron chi connectivity index (χ0n) is 11.0. The van der Waals surface area contributed by atoms with Crippen LogP contribution in [0.1, 0.15) is 31.9 Å². The second-order valence-corrected chi connectivity index (χ2v) is 5.16. The molecule has 0 bridgehead atoms. The van der Waals surface area contributed by atoms with Crippen molar-refractivity contribution >= 4 is 0 Å². The van der Waals surface area contributed by atoms with Crippen LogP contribution in [0.4, 0.5) is 0 Å². The van der Waals surface area contributed by atoms with Gasteiger partial charge in [0, 0.05) is 17.6 Å². The normalized spacial score (nSPS) is 11.0. The third-order valence-electron chi connectivity index (χ3n) is 2.32. The Hall–Kier alpha value is -1.53. The van der Waals surface area contributed by atoms with Gasteiger partial charge in [0.2, 0.25) is 0 Å². The van der Waals surface area contributed by atoms with Crippen LogP contribution in [0.3, 0.4) is 0 Å². The first kappa shape index (κ1) is 13.5. The van der Waals surface area contributed by atoms with Gasteiger partial charge < -0.3 is 10.1 Å². The van der Waals surface area contributed by atoms with Crippen LogP contribution in [0.25, 0.3) is 0 Å². The highest BCUT2D eigenvalue weighted by atomic mass is 16.5. The molecule has 3 nitrogen and oxygen atoms in total. The SMILES string of the molecule is Cc1ccc(OCC#N)c(CNC(C)(C)C)c1. The summed E-state index contributed by atoms with van der Waals surface area (Å²) in [6.45, 7) is 9.25. The van der Waals surface area contributed by atoms with Crippen LogP contribution in [0.5, 0.6) is 5.75 Å². The summed E-state index contributed by atoms with van der Waals surface area (Å²) < 4.78 is 5.41. The van der Waals surface area contributed by atoms with E-state index in [0.717, 1.165) is 17.9 Å². The number of benzene rings is 1. The second-order valence-electron chi connectivity index (χ2n) is 5.16. The first-order valence-electron chi connectivity index (χ1n) is 5.77. The van der Waals surface area contributed by atoms with E-state index in [9.17, 15) is 0 Å². The van der Waals surface area contributed by atoms with Crippen LogP contribution >= 0.6 is 0 Å². The average Bonchev–Trinajstić information content (AvgIpc) is 2.24. The molecule has 0 heterocycles. The zero-order chi connectivity index (χ0) is 12.9. The number of hydrogen-bond donors (Lipinski definition) is 1. The lowest BCUT2D eigenvalue weighted by atomic mass is 10.1. The Balaban J connectivity index is 2.80. The Morgan fingerprint density at radius 1 is 1.35 bits per heavy atom. The molecule has 0 unspecified atom stereocenters. The van der Waals surface area contributed by atoms with Gasteiger partial charge in [-0.3, -0.25) is 0 Å². The molecule has 0 spiro atoms. The van der Waals surface area contributed by atoms with Crippen molar-refractivity contribution in [2.45, 2.75) is 39.8 Å². The molecule has 0 aliphatic heterocycles. The van der Waals surface area contributed by atoms with Crippen LogP contribution in [0.2, 0.25) is 0 Å². The maximum absolute atomic E-state index is 8.54. The molecule has 92 valence electrons. The van der Waals surface area contributed by atoms with Crippen molar-refractivity contribution in [2.75, 3.05) is 6.61 Å². The fraction of sp³-hybridized carbons (Fsp3) is 0.500. The first-order valence-corrected chi connectivity index (χ1v) is 5.77. The molecule has 1 N–H and O–H groups in total. The molecule has 0 atom stereocenters. The summed E-state index contributed by atoms with van der Waals surface area (Å²) in [4.78, 5) is 0. The Morgan fingerprint density at radius 2 is 2.06 bits per heavy atom. The molecule has 0 aliphatic rings. The van der Waals surface area contributed by atoms with Crippen LogP contribution in [-0.4, -0.2) is 12.1 Å². The third-order valence-corrected chi connectivity index (χ3v) is 2.32. The van der Waals surface area contributed by atoms with Gasteiger partial charge in [-0.1, -0.05) is 17.7 Å². The highest BCUT2D eigenvalue weighted by molar-refractivity contribution is 5.37. The van der Waals surface area contributed by atoms with Crippen LogP contribution < -0.4 is 10.1 Å². The predicted octanol–water partition coefficient (Wildman–Crippen LogP) is 2.79. The monoisotopic (exact) mass is 232 g/mol. The van der Waals surface area contributed by atoms with Crippen LogP contribution in [-0.2, 0) is 6.54 Å². The largest absolute Gasteiger partial charge is 0.478 e. The van der Waals surface area contributed by atoms with Gasteiger partial charge in [-0.05, 0) is 33.8 Å². The summed E-state index contributed by atoms with van der Waals surface area (Å²) in [6, 6.07) is 7.99. The van der Waals surface area contributed by atoms with Gasteiger partial charge in [0.1, 0.15) is 11.8 Å². The Labute approximate surface area is 103 Å². The molecule has 0 radical (unpaired) electrons. The zero-order valence-corrected chi connectivity index (χ0v) is 11.0. The summed E-state index contributed by atoms with van der Waals surface area (Å²) in [5.74, 6) is 0.786. The van der Waals surface area contributed by atoms with E-state index < -0.39 is 0 Å². The van der Waals surface area contributed by atoms with Gasteiger partial charge in [0.15, 0.2) is 6.61 Å². The van der Waals surface area contributed by atoms with E-state index in [4.69, 9.17) is 10.00 Å². The summed E-state index contributed by atoms with van der Waals surface area (Å²) in [7, 11) is 0. The maximum atomic E-state index is 8.54. The Bertz CT molecular complexity index is 413. The number of aryl methyl sites for hydroxylation is 1. The summed E-state index contributed by atoms with van der Waals surface area (Å²) in [6.07, 6.45) is 0. The fourth-order valence-electron chi connectivity index (χ4n) is 1.46. The van der Waals surface area contributed by atoms with Crippen molar-refractivity contribution in [3.8, 4) is 11.8 Å². The molecule has 0 aromatic heterocycles. The van der Waals surface area contributed by atoms with Crippen molar-refractivity contribution in [1.82, 2.24) is 5.32 Å². The molecule has 1 rings (SSSR count). The predicted molar refractivity (Wildman–Crippen MR) is 68.9 cm³/mol. The number of hydrogen-bond acceptors (Lipinski definition) is 3. The van der Waals surface area contributed by atoms with Gasteiger partial charge in [-0.15, -0.1) is 0 Å². The van der Waals surface area contributed by atoms with Gasteiger partial charge in [0.05, 0.1) is 0 Å². The Kier molecular flexibility index (Phi) is 4.53. The van der Waals surface area contributed by atoms with Crippen LogP contribution in [0.15, 0.2) is 18.2 Å². The molecule has 0 saturated carbocycles. The molecule has 0 saturated heterocycles. The fourth-order valence-corrected chi connectivity index (χ4v) is 1.46. The third kappa shape index (κ3) is 4.88. The van der Waals surface area contributed by atoms with E-state index in [1.54, 1.807) is 0 Å². The molecule has 0 aliphatic carbocycles. The van der Waals surface area contributed by atoms with E-state index >= 15 is 0 Å². The van der Waals surface area contributed by atoms with Gasteiger partial charge in [-0.2, -0.15) is 5.26 Å². The molecule has 3 heteroatoms. The van der Waals surface area contributed by atoms with Gasteiger partial charge in [-0.25, -0.2) is 0 Å². The minimum absolute atomic E-state index is 0.0657. The number of nitrogens with zero attached hydrogens (tertiary/aromatic N) is 1. The molecule has 1 aromatic carbocycles. The van der Waals surface area contributed by atoms with Crippen molar-refractivity contribution in [3.05, 3.63) is 29.3 Å². The molecular weight excluding hydrogens is 212 g/mol. The van der Waals surface area contributed by atoms with Crippen molar-refractivity contribution in [2.24, 2.45) is 0 Å². The molecular formula is C14H20N2O. The molecule has 1 aromatic rings. The van der Waals surface area contributed by atoms with E-state index in [1.807, 2.05) is 18.2 Å². The van der Waals surface area contributed by atoms with Gasteiger partial charge in [0.25, 0.3) is 0 Å². The molecule has 0 fully saturated rings. The minimum atomic E-state index is 0.0657. The van der Waals surface area contributed by atoms with Crippen molar-refractivity contribution in [3.63, 3.8) is 0 Å². The Morgan fingerprint density at radius 3 is 2.65 bits per heavy atom. The van der Waals surface area contributed by atoms with Gasteiger partial charge >= 0.3 is 0 Å². The smallest absolute Gasteiger partial charge is 0.174 e. The number of nitrogens with one attached hydrogen (secondary N) is 1. The standard InChI is InChI=1S/C14H20N2O/c1-11-5-6-13(17-8-7-15)12(9-11)10-16-14(2,3)4/h5-6,9,16H,8,10H2,1-4H3. The average molecular weight is 232 g/mol. The molecule has 0 amide bonds. The van der Waals surface area contributed by atoms with E-state index in [-0.39, 0.29) is 12.1 Å². The summed E-state index contributed by atoms with van der Waals surface area (Å²) in [5, 5.41) is 12.0. The molecule has 17 heavy (non-hydrogen) atoms. The van der Waals surface area contributed by atoms with E-state index in [2.05, 4.69) is 39.1 Å². The van der Waals surface area contributed by atoms with Crippen LogP contribution in [0, 0.1) is 18.3 Å². The number of ether oxygens (including phenoxy) is 1. The second kappa shape index (κ2) is 5.70.